The van der Waals surface area contributed by atoms with Crippen molar-refractivity contribution in [2.24, 2.45) is 5.41 Å². The summed E-state index contributed by atoms with van der Waals surface area (Å²) in [5, 5.41) is 18.7. The molecule has 0 aliphatic carbocycles. The van der Waals surface area contributed by atoms with Crippen molar-refractivity contribution >= 4 is 5.65 Å². The topological polar surface area (TPSA) is 80.9 Å². The number of fused-ring (bicyclic) bond motifs is 3. The molecule has 2 unspecified atom stereocenters. The third-order valence-corrected chi connectivity index (χ3v) is 5.91. The molecule has 0 fully saturated rings. The minimum absolute atomic E-state index is 0.0554. The largest absolute Gasteiger partial charge is 0.493 e. The summed E-state index contributed by atoms with van der Waals surface area (Å²) in [6.45, 7) is 4.21. The van der Waals surface area contributed by atoms with Crippen LogP contribution < -0.4 is 14.8 Å². The Morgan fingerprint density at radius 1 is 1.08 bits per heavy atom. The summed E-state index contributed by atoms with van der Waals surface area (Å²) in [7, 11) is 0. The van der Waals surface area contributed by atoms with Crippen LogP contribution in [0.5, 0.6) is 11.5 Å². The number of aliphatic hydroxyl groups is 1. The number of rotatable bonds is 6. The van der Waals surface area contributed by atoms with E-state index in [0.29, 0.717) is 34.9 Å². The van der Waals surface area contributed by atoms with Gasteiger partial charge in [-0.3, -0.25) is 0 Å². The number of imidazole rings is 1. The quantitative estimate of drug-likeness (QED) is 0.386. The highest BCUT2D eigenvalue weighted by Crippen LogP contribution is 2.37. The van der Waals surface area contributed by atoms with E-state index in [2.05, 4.69) is 31.1 Å². The molecule has 0 saturated heterocycles. The third-order valence-electron chi connectivity index (χ3n) is 5.91. The number of aliphatic hydroxyl groups excluding tert-OH is 1. The zero-order valence-corrected chi connectivity index (χ0v) is 20.3. The number of benzene rings is 2. The lowest BCUT2D eigenvalue weighted by atomic mass is 9.96. The van der Waals surface area contributed by atoms with Crippen LogP contribution in [0.15, 0.2) is 60.7 Å². The van der Waals surface area contributed by atoms with Crippen LogP contribution >= 0.6 is 0 Å². The van der Waals surface area contributed by atoms with E-state index >= 15 is 0 Å². The predicted molar refractivity (Wildman–Crippen MR) is 131 cm³/mol. The Bertz CT molecular complexity index is 1370. The second-order valence-electron chi connectivity index (χ2n) is 10.0. The zero-order valence-electron chi connectivity index (χ0n) is 20.3. The van der Waals surface area contributed by atoms with Crippen molar-refractivity contribution in [1.82, 2.24) is 19.9 Å². The first-order valence-corrected chi connectivity index (χ1v) is 11.8. The summed E-state index contributed by atoms with van der Waals surface area (Å²) in [4.78, 5) is 4.60. The van der Waals surface area contributed by atoms with E-state index < -0.39 is 18.8 Å². The van der Waals surface area contributed by atoms with Gasteiger partial charge in [0.1, 0.15) is 17.6 Å². The number of β-amino-alcohol motifs (C(OH)–C–C–N with tert-alkyl or cyclic N) is 1. The number of nitrogens with one attached hydrogen (secondary N) is 1. The van der Waals surface area contributed by atoms with Gasteiger partial charge in [0.05, 0.1) is 29.7 Å². The van der Waals surface area contributed by atoms with E-state index in [-0.39, 0.29) is 17.7 Å². The molecule has 7 nitrogen and oxygen atoms in total. The van der Waals surface area contributed by atoms with E-state index in [0.717, 1.165) is 11.3 Å². The fourth-order valence-corrected chi connectivity index (χ4v) is 4.26. The molecule has 0 saturated carbocycles. The molecule has 1 aliphatic rings. The smallest absolute Gasteiger partial charge is 0.387 e. The van der Waals surface area contributed by atoms with Gasteiger partial charge in [-0.25, -0.2) is 9.50 Å². The number of aromatic nitrogens is 3. The van der Waals surface area contributed by atoms with Gasteiger partial charge in [0.25, 0.3) is 0 Å². The second-order valence-corrected chi connectivity index (χ2v) is 10.0. The van der Waals surface area contributed by atoms with Gasteiger partial charge in [-0.15, -0.1) is 0 Å². The molecule has 2 aromatic heterocycles. The summed E-state index contributed by atoms with van der Waals surface area (Å²) in [6, 6.07) is 17.4. The molecule has 0 radical (unpaired) electrons. The van der Waals surface area contributed by atoms with Crippen LogP contribution in [0.1, 0.15) is 49.9 Å². The summed E-state index contributed by atoms with van der Waals surface area (Å²) < 4.78 is 38.5. The number of hydrogen-bond donors (Lipinski definition) is 2. The lowest BCUT2D eigenvalue weighted by molar-refractivity contribution is -0.0507. The van der Waals surface area contributed by atoms with Crippen LogP contribution in [0.2, 0.25) is 0 Å². The summed E-state index contributed by atoms with van der Waals surface area (Å²) in [5.41, 5.74) is 3.74. The second kappa shape index (κ2) is 9.48. The molecule has 9 heteroatoms. The maximum Gasteiger partial charge on any atom is 0.387 e. The fourth-order valence-electron chi connectivity index (χ4n) is 4.26. The molecule has 4 aromatic rings. The van der Waals surface area contributed by atoms with Crippen LogP contribution in [0.3, 0.4) is 0 Å². The van der Waals surface area contributed by atoms with Crippen molar-refractivity contribution in [3.63, 3.8) is 0 Å². The molecule has 0 spiro atoms. The van der Waals surface area contributed by atoms with Gasteiger partial charge in [-0.05, 0) is 47.9 Å². The Hall–Kier alpha value is -3.56. The Morgan fingerprint density at radius 3 is 2.56 bits per heavy atom. The Labute approximate surface area is 207 Å². The van der Waals surface area contributed by atoms with Gasteiger partial charge in [-0.1, -0.05) is 39.0 Å². The highest BCUT2D eigenvalue weighted by molar-refractivity contribution is 5.62. The highest BCUT2D eigenvalue weighted by Gasteiger charge is 2.34. The Kier molecular flexibility index (Phi) is 6.36. The summed E-state index contributed by atoms with van der Waals surface area (Å²) in [6.07, 6.45) is -0.858. The number of ether oxygens (including phenoxy) is 2. The van der Waals surface area contributed by atoms with Crippen molar-refractivity contribution in [3.8, 4) is 22.8 Å². The van der Waals surface area contributed by atoms with Gasteiger partial charge in [0, 0.05) is 17.7 Å². The normalized spacial score (nSPS) is 17.9. The van der Waals surface area contributed by atoms with Gasteiger partial charge < -0.3 is 19.9 Å². The van der Waals surface area contributed by atoms with Crippen LogP contribution in [0.25, 0.3) is 16.9 Å². The van der Waals surface area contributed by atoms with Gasteiger partial charge in [0.2, 0.25) is 0 Å². The predicted octanol–water partition coefficient (Wildman–Crippen LogP) is 5.15. The molecule has 1 aliphatic heterocycles. The molecule has 5 rings (SSSR count). The first-order chi connectivity index (χ1) is 17.2. The molecule has 36 heavy (non-hydrogen) atoms. The van der Waals surface area contributed by atoms with Gasteiger partial charge in [-0.2, -0.15) is 13.9 Å². The monoisotopic (exact) mass is 494 g/mol. The van der Waals surface area contributed by atoms with Crippen molar-refractivity contribution in [3.05, 3.63) is 77.6 Å². The Balaban J connectivity index is 1.54. The molecule has 2 N–H and O–H groups in total. The van der Waals surface area contributed by atoms with Crippen molar-refractivity contribution < 1.29 is 23.4 Å². The van der Waals surface area contributed by atoms with Gasteiger partial charge in [0.15, 0.2) is 5.65 Å². The van der Waals surface area contributed by atoms with E-state index in [1.54, 1.807) is 22.7 Å². The van der Waals surface area contributed by atoms with Crippen LogP contribution in [0, 0.1) is 5.41 Å². The van der Waals surface area contributed by atoms with Crippen LogP contribution in [-0.4, -0.2) is 39.5 Å². The van der Waals surface area contributed by atoms with Crippen molar-refractivity contribution in [1.29, 1.82) is 0 Å². The average molecular weight is 495 g/mol. The Morgan fingerprint density at radius 2 is 1.83 bits per heavy atom. The van der Waals surface area contributed by atoms with Crippen molar-refractivity contribution in [2.75, 3.05) is 13.2 Å². The number of alkyl halides is 2. The molecule has 0 bridgehead atoms. The minimum Gasteiger partial charge on any atom is -0.493 e. The molecule has 0 amide bonds. The van der Waals surface area contributed by atoms with Crippen molar-refractivity contribution in [2.45, 2.75) is 39.5 Å². The molecule has 2 atom stereocenters. The fraction of sp³-hybridized carbons (Fsp3) is 0.333. The third kappa shape index (κ3) is 4.89. The SMILES string of the molecule is CC(C)(C)COc1ccc(-c2ccc3nc4c(n3n2)C(c2ccccc2OC(F)F)NCC4O)cc1. The number of hydrogen-bond acceptors (Lipinski definition) is 6. The van der Waals surface area contributed by atoms with E-state index in [9.17, 15) is 13.9 Å². The first-order valence-electron chi connectivity index (χ1n) is 11.8. The molecule has 2 aromatic carbocycles. The van der Waals surface area contributed by atoms with Crippen LogP contribution in [0.4, 0.5) is 8.78 Å². The number of halogens is 2. The number of nitrogens with zero attached hydrogens (tertiary/aromatic N) is 3. The molecular weight excluding hydrogens is 466 g/mol. The lowest BCUT2D eigenvalue weighted by Crippen LogP contribution is -2.35. The summed E-state index contributed by atoms with van der Waals surface area (Å²) in [5.74, 6) is 0.835. The lowest BCUT2D eigenvalue weighted by Gasteiger charge is -2.28. The molecule has 188 valence electrons. The maximum absolute atomic E-state index is 13.1. The maximum atomic E-state index is 13.1. The molecule has 3 heterocycles. The molecular formula is C27H28F2N4O3. The standard InChI is InChI=1S/C27H28F2N4O3/c1-27(2,3)15-35-17-10-8-16(9-11-17)19-12-13-22-31-24-20(34)14-30-23(25(24)33(22)32-19)18-6-4-5-7-21(18)36-26(28)29/h4-13,20,23,26,30,34H,14-15H2,1-3H3. The van der Waals surface area contributed by atoms with E-state index in [4.69, 9.17) is 14.6 Å². The first kappa shape index (κ1) is 24.1. The summed E-state index contributed by atoms with van der Waals surface area (Å²) >= 11 is 0. The highest BCUT2D eigenvalue weighted by atomic mass is 19.3. The minimum atomic E-state index is -2.96. The average Bonchev–Trinajstić information content (AvgIpc) is 3.23. The number of para-hydroxylation sites is 1. The zero-order chi connectivity index (χ0) is 25.4. The van der Waals surface area contributed by atoms with Gasteiger partial charge >= 0.3 is 6.61 Å². The van der Waals surface area contributed by atoms with Crippen LogP contribution in [-0.2, 0) is 0 Å². The van der Waals surface area contributed by atoms with E-state index in [1.165, 1.54) is 6.07 Å². The van der Waals surface area contributed by atoms with E-state index in [1.807, 2.05) is 36.4 Å².